The molecule has 3 aromatic rings. The molecule has 0 bridgehead atoms. The monoisotopic (exact) mass is 586 g/mol. The van der Waals surface area contributed by atoms with Crippen molar-refractivity contribution >= 4 is 49.4 Å². The molecule has 0 saturated heterocycles. The van der Waals surface area contributed by atoms with Crippen LogP contribution in [0.4, 0.5) is 4.39 Å². The van der Waals surface area contributed by atoms with Crippen LogP contribution in [-0.2, 0) is 4.79 Å². The molecule has 32 heavy (non-hydrogen) atoms. The van der Waals surface area contributed by atoms with Crippen molar-refractivity contribution in [3.63, 3.8) is 0 Å². The summed E-state index contributed by atoms with van der Waals surface area (Å²) in [5, 5.41) is 26.6. The zero-order valence-corrected chi connectivity index (χ0v) is 20.1. The van der Waals surface area contributed by atoms with Crippen LogP contribution in [-0.4, -0.2) is 27.3 Å². The number of carboxylic acid groups (broad SMARTS) is 1. The first-order chi connectivity index (χ1) is 15.1. The minimum Gasteiger partial charge on any atom is -0.506 e. The number of ether oxygens (including phenoxy) is 2. The molecule has 0 radical (unpaired) electrons. The van der Waals surface area contributed by atoms with Gasteiger partial charge in [0.25, 0.3) is 5.88 Å². The SMILES string of the molecule is C[C@@H](Oc1ccc(Oc2ncc(Cl)cc2F)cc1)C(=O)O.N#Cc1cc(Br)c(O)c(Br)c1. The molecule has 1 atom stereocenters. The second-order valence-corrected chi connectivity index (χ2v) is 8.16. The summed E-state index contributed by atoms with van der Waals surface area (Å²) in [5.74, 6) is -1.14. The predicted molar refractivity (Wildman–Crippen MR) is 122 cm³/mol. The summed E-state index contributed by atoms with van der Waals surface area (Å²) in [6, 6.07) is 12.2. The van der Waals surface area contributed by atoms with Gasteiger partial charge in [-0.25, -0.2) is 14.2 Å². The number of hydrogen-bond donors (Lipinski definition) is 2. The van der Waals surface area contributed by atoms with E-state index in [1.807, 2.05) is 6.07 Å². The number of aromatic nitrogens is 1. The molecule has 2 N–H and O–H groups in total. The Balaban J connectivity index is 0.000000278. The number of halogens is 4. The van der Waals surface area contributed by atoms with E-state index in [1.165, 1.54) is 37.4 Å². The molecule has 0 aliphatic rings. The Morgan fingerprint density at radius 3 is 2.25 bits per heavy atom. The molecule has 3 rings (SSSR count). The quantitative estimate of drug-likeness (QED) is 0.359. The van der Waals surface area contributed by atoms with Gasteiger partial charge in [0.05, 0.1) is 25.6 Å². The van der Waals surface area contributed by atoms with Crippen LogP contribution in [0.15, 0.2) is 57.6 Å². The molecule has 11 heteroatoms. The summed E-state index contributed by atoms with van der Waals surface area (Å²) < 4.78 is 25.0. The maximum Gasteiger partial charge on any atom is 0.344 e. The van der Waals surface area contributed by atoms with Crippen molar-refractivity contribution in [1.82, 2.24) is 4.98 Å². The van der Waals surface area contributed by atoms with Gasteiger partial charge in [0, 0.05) is 6.20 Å². The zero-order valence-electron chi connectivity index (χ0n) is 16.2. The van der Waals surface area contributed by atoms with Gasteiger partial charge in [-0.15, -0.1) is 0 Å². The first-order valence-electron chi connectivity index (χ1n) is 8.67. The van der Waals surface area contributed by atoms with Crippen LogP contribution in [0.3, 0.4) is 0 Å². The molecule has 166 valence electrons. The van der Waals surface area contributed by atoms with Crippen LogP contribution in [0, 0.1) is 17.1 Å². The Morgan fingerprint density at radius 1 is 1.19 bits per heavy atom. The second kappa shape index (κ2) is 11.7. The van der Waals surface area contributed by atoms with Gasteiger partial charge in [0.1, 0.15) is 17.2 Å². The fraction of sp³-hybridized carbons (Fsp3) is 0.0952. The van der Waals surface area contributed by atoms with E-state index < -0.39 is 17.9 Å². The third-order valence-corrected chi connectivity index (χ3v) is 5.03. The number of pyridine rings is 1. The number of aliphatic carboxylic acids is 1. The van der Waals surface area contributed by atoms with Crippen molar-refractivity contribution in [3.05, 3.63) is 74.0 Å². The van der Waals surface area contributed by atoms with Gasteiger partial charge in [-0.3, -0.25) is 0 Å². The molecule has 7 nitrogen and oxygen atoms in total. The molecule has 1 aromatic heterocycles. The number of hydrogen-bond acceptors (Lipinski definition) is 6. The van der Waals surface area contributed by atoms with Crippen LogP contribution in [0.5, 0.6) is 23.1 Å². The van der Waals surface area contributed by atoms with E-state index in [0.717, 1.165) is 6.07 Å². The highest BCUT2D eigenvalue weighted by atomic mass is 79.9. The van der Waals surface area contributed by atoms with Gasteiger partial charge in [0.2, 0.25) is 0 Å². The molecule has 0 aliphatic carbocycles. The van der Waals surface area contributed by atoms with Gasteiger partial charge in [-0.2, -0.15) is 5.26 Å². The Kier molecular flexibility index (Phi) is 9.26. The lowest BCUT2D eigenvalue weighted by Gasteiger charge is -2.11. The number of carbonyl (C=O) groups is 1. The summed E-state index contributed by atoms with van der Waals surface area (Å²) in [5.41, 5.74) is 0.501. The van der Waals surface area contributed by atoms with E-state index in [1.54, 1.807) is 12.1 Å². The first-order valence-corrected chi connectivity index (χ1v) is 10.6. The van der Waals surface area contributed by atoms with Crippen molar-refractivity contribution in [2.24, 2.45) is 0 Å². The number of rotatable bonds is 5. The Labute approximate surface area is 204 Å². The fourth-order valence-corrected chi connectivity index (χ4v) is 3.39. The first kappa shape index (κ1) is 25.4. The van der Waals surface area contributed by atoms with E-state index in [0.29, 0.717) is 26.0 Å². The molecular weight excluding hydrogens is 574 g/mol. The topological polar surface area (TPSA) is 113 Å². The zero-order chi connectivity index (χ0) is 23.8. The largest absolute Gasteiger partial charge is 0.506 e. The van der Waals surface area contributed by atoms with Crippen molar-refractivity contribution in [1.29, 1.82) is 5.26 Å². The minimum absolute atomic E-state index is 0.115. The average molecular weight is 589 g/mol. The molecule has 0 unspecified atom stereocenters. The van der Waals surface area contributed by atoms with Crippen molar-refractivity contribution in [2.75, 3.05) is 0 Å². The van der Waals surface area contributed by atoms with Crippen molar-refractivity contribution in [3.8, 4) is 29.2 Å². The molecule has 0 amide bonds. The van der Waals surface area contributed by atoms with Gasteiger partial charge in [0.15, 0.2) is 11.9 Å². The second-order valence-electron chi connectivity index (χ2n) is 6.01. The third-order valence-electron chi connectivity index (χ3n) is 3.62. The van der Waals surface area contributed by atoms with Gasteiger partial charge in [-0.1, -0.05) is 11.6 Å². The van der Waals surface area contributed by atoms with Crippen molar-refractivity contribution < 1.29 is 28.9 Å². The lowest BCUT2D eigenvalue weighted by atomic mass is 10.2. The number of carboxylic acids is 1. The summed E-state index contributed by atoms with van der Waals surface area (Å²) >= 11 is 11.8. The number of nitriles is 1. The van der Waals surface area contributed by atoms with E-state index in [2.05, 4.69) is 36.8 Å². The van der Waals surface area contributed by atoms with E-state index in [-0.39, 0.29) is 16.7 Å². The van der Waals surface area contributed by atoms with Crippen LogP contribution in [0.1, 0.15) is 12.5 Å². The van der Waals surface area contributed by atoms with Crippen LogP contribution >= 0.6 is 43.5 Å². The minimum atomic E-state index is -1.07. The van der Waals surface area contributed by atoms with Crippen molar-refractivity contribution in [2.45, 2.75) is 13.0 Å². The highest BCUT2D eigenvalue weighted by molar-refractivity contribution is 9.11. The normalized spacial score (nSPS) is 10.9. The van der Waals surface area contributed by atoms with Gasteiger partial charge in [-0.05, 0) is 81.2 Å². The molecule has 1 heterocycles. The number of phenols is 1. The Morgan fingerprint density at radius 2 is 1.75 bits per heavy atom. The molecule has 2 aromatic carbocycles. The van der Waals surface area contributed by atoms with Gasteiger partial charge < -0.3 is 19.7 Å². The number of aromatic hydroxyl groups is 1. The van der Waals surface area contributed by atoms with E-state index >= 15 is 0 Å². The van der Waals surface area contributed by atoms with Gasteiger partial charge >= 0.3 is 5.97 Å². The Hall–Kier alpha value is -2.87. The van der Waals surface area contributed by atoms with Crippen LogP contribution in [0.25, 0.3) is 0 Å². The van der Waals surface area contributed by atoms with Crippen LogP contribution in [0.2, 0.25) is 5.02 Å². The number of nitrogens with zero attached hydrogens (tertiary/aromatic N) is 2. The third kappa shape index (κ3) is 7.37. The summed E-state index contributed by atoms with van der Waals surface area (Å²) in [6.45, 7) is 1.42. The number of benzene rings is 2. The number of phenolic OH excluding ortho intramolecular Hbond substituents is 1. The van der Waals surface area contributed by atoms with E-state index in [4.69, 9.17) is 31.4 Å². The average Bonchev–Trinajstić information content (AvgIpc) is 2.75. The maximum absolute atomic E-state index is 13.5. The molecular formula is C21H14Br2ClFN2O5. The molecule has 0 aliphatic heterocycles. The smallest absolute Gasteiger partial charge is 0.344 e. The summed E-state index contributed by atoms with van der Waals surface area (Å²) in [6.07, 6.45) is 0.304. The molecule has 0 saturated carbocycles. The Bertz CT molecular complexity index is 1130. The standard InChI is InChI=1S/C14H11ClFNO4.C7H3Br2NO/c1-8(14(18)19)20-10-2-4-11(5-3-10)21-13-12(16)6-9(15)7-17-13;8-5-1-4(3-10)2-6(9)7(5)11/h2-8H,1H3,(H,18,19);1-2,11H/t8-;/m1./s1. The summed E-state index contributed by atoms with van der Waals surface area (Å²) in [7, 11) is 0. The maximum atomic E-state index is 13.5. The van der Waals surface area contributed by atoms with E-state index in [9.17, 15) is 14.3 Å². The lowest BCUT2D eigenvalue weighted by Crippen LogP contribution is -2.22. The summed E-state index contributed by atoms with van der Waals surface area (Å²) in [4.78, 5) is 14.4. The predicted octanol–water partition coefficient (Wildman–Crippen LogP) is 6.31. The highest BCUT2D eigenvalue weighted by Crippen LogP contribution is 2.33. The highest BCUT2D eigenvalue weighted by Gasteiger charge is 2.13. The fourth-order valence-electron chi connectivity index (χ4n) is 2.06. The molecule has 0 spiro atoms. The molecule has 0 fully saturated rings. The lowest BCUT2D eigenvalue weighted by molar-refractivity contribution is -0.144. The van der Waals surface area contributed by atoms with Crippen LogP contribution < -0.4 is 9.47 Å².